The van der Waals surface area contributed by atoms with Crippen LogP contribution in [0, 0.1) is 6.92 Å². The van der Waals surface area contributed by atoms with Gasteiger partial charge in [0.05, 0.1) is 24.7 Å². The van der Waals surface area contributed by atoms with Gasteiger partial charge in [-0.1, -0.05) is 29.8 Å². The molecule has 0 amide bonds. The lowest BCUT2D eigenvalue weighted by Crippen LogP contribution is -2.43. The number of aryl methyl sites for hydroxylation is 1. The summed E-state index contributed by atoms with van der Waals surface area (Å²) < 4.78 is 57.1. The zero-order valence-corrected chi connectivity index (χ0v) is 14.7. The summed E-state index contributed by atoms with van der Waals surface area (Å²) in [5, 5.41) is 0. The molecule has 1 fully saturated rings. The van der Waals surface area contributed by atoms with E-state index in [0.717, 1.165) is 5.56 Å². The molecule has 2 rings (SSSR count). The summed E-state index contributed by atoms with van der Waals surface area (Å²) >= 11 is 0. The molecule has 0 aromatic heterocycles. The van der Waals surface area contributed by atoms with Gasteiger partial charge in [-0.2, -0.15) is 4.31 Å². The Balaban J connectivity index is 1.87. The Bertz CT molecular complexity index is 725. The third-order valence-electron chi connectivity index (χ3n) is 3.48. The van der Waals surface area contributed by atoms with E-state index in [1.165, 1.54) is 4.31 Å². The summed E-state index contributed by atoms with van der Waals surface area (Å²) in [7, 11) is -7.02. The molecular weight excluding hydrogens is 340 g/mol. The summed E-state index contributed by atoms with van der Waals surface area (Å²) in [5.74, 6) is -0.410. The Hall–Kier alpha value is -1.00. The number of hydrogen-bond donors (Lipinski definition) is 1. The molecule has 23 heavy (non-hydrogen) atoms. The first kappa shape index (κ1) is 18.3. The van der Waals surface area contributed by atoms with Crippen molar-refractivity contribution in [1.29, 1.82) is 0 Å². The molecule has 1 heterocycles. The Morgan fingerprint density at radius 1 is 1.17 bits per heavy atom. The van der Waals surface area contributed by atoms with Gasteiger partial charge in [0.1, 0.15) is 0 Å². The third-order valence-corrected chi connectivity index (χ3v) is 6.71. The lowest BCUT2D eigenvalue weighted by molar-refractivity contribution is 0.0730. The van der Waals surface area contributed by atoms with E-state index in [9.17, 15) is 16.8 Å². The molecule has 0 aliphatic carbocycles. The molecule has 0 atom stereocenters. The number of morpholine rings is 1. The van der Waals surface area contributed by atoms with Crippen LogP contribution in [-0.4, -0.2) is 59.7 Å². The Morgan fingerprint density at radius 2 is 1.87 bits per heavy atom. The van der Waals surface area contributed by atoms with Gasteiger partial charge in [-0.15, -0.1) is 0 Å². The SMILES string of the molecule is Cc1cccc(CS(=O)(=O)NCCS(=O)(=O)N2CCOCC2)c1. The smallest absolute Gasteiger partial charge is 0.215 e. The number of hydrogen-bond acceptors (Lipinski definition) is 5. The van der Waals surface area contributed by atoms with Crippen LogP contribution in [0.4, 0.5) is 0 Å². The number of nitrogens with one attached hydrogen (secondary N) is 1. The average molecular weight is 362 g/mol. The van der Waals surface area contributed by atoms with E-state index >= 15 is 0 Å². The van der Waals surface area contributed by atoms with Gasteiger partial charge >= 0.3 is 0 Å². The molecule has 1 saturated heterocycles. The normalized spacial score (nSPS) is 17.3. The van der Waals surface area contributed by atoms with Crippen molar-refractivity contribution < 1.29 is 21.6 Å². The quantitative estimate of drug-likeness (QED) is 0.741. The lowest BCUT2D eigenvalue weighted by Gasteiger charge is -2.26. The Labute approximate surface area is 137 Å². The van der Waals surface area contributed by atoms with E-state index < -0.39 is 20.0 Å². The molecule has 1 aromatic rings. The van der Waals surface area contributed by atoms with Crippen molar-refractivity contribution in [1.82, 2.24) is 9.03 Å². The van der Waals surface area contributed by atoms with E-state index in [4.69, 9.17) is 4.74 Å². The monoisotopic (exact) mass is 362 g/mol. The molecule has 130 valence electrons. The molecule has 0 saturated carbocycles. The summed E-state index contributed by atoms with van der Waals surface area (Å²) in [6.45, 7) is 3.14. The van der Waals surface area contributed by atoms with Crippen molar-refractivity contribution in [2.45, 2.75) is 12.7 Å². The van der Waals surface area contributed by atoms with E-state index in [1.54, 1.807) is 18.2 Å². The minimum absolute atomic E-state index is 0.131. The predicted molar refractivity (Wildman–Crippen MR) is 88.0 cm³/mol. The van der Waals surface area contributed by atoms with Crippen LogP contribution in [0.1, 0.15) is 11.1 Å². The lowest BCUT2D eigenvalue weighted by atomic mass is 10.2. The molecule has 9 heteroatoms. The van der Waals surface area contributed by atoms with E-state index in [0.29, 0.717) is 31.9 Å². The minimum Gasteiger partial charge on any atom is -0.379 e. The molecule has 0 unspecified atom stereocenters. The van der Waals surface area contributed by atoms with Gasteiger partial charge in [0.25, 0.3) is 0 Å². The van der Waals surface area contributed by atoms with Crippen LogP contribution >= 0.6 is 0 Å². The summed E-state index contributed by atoms with van der Waals surface area (Å²) in [6.07, 6.45) is 0. The Kier molecular flexibility index (Phi) is 6.15. The summed E-state index contributed by atoms with van der Waals surface area (Å²) in [4.78, 5) is 0. The van der Waals surface area contributed by atoms with Crippen molar-refractivity contribution in [3.05, 3.63) is 35.4 Å². The minimum atomic E-state index is -3.56. The molecular formula is C14H22N2O5S2. The van der Waals surface area contributed by atoms with E-state index in [-0.39, 0.29) is 18.1 Å². The largest absolute Gasteiger partial charge is 0.379 e. The van der Waals surface area contributed by atoms with Crippen LogP contribution in [0.2, 0.25) is 0 Å². The van der Waals surface area contributed by atoms with E-state index in [2.05, 4.69) is 4.72 Å². The first-order valence-corrected chi connectivity index (χ1v) is 10.6. The summed E-state index contributed by atoms with van der Waals surface area (Å²) in [5.41, 5.74) is 1.65. The predicted octanol–water partition coefficient (Wildman–Crippen LogP) is 0.0764. The zero-order chi connectivity index (χ0) is 16.9. The van der Waals surface area contributed by atoms with Gasteiger partial charge in [0, 0.05) is 19.6 Å². The van der Waals surface area contributed by atoms with Crippen molar-refractivity contribution in [3.63, 3.8) is 0 Å². The number of ether oxygens (including phenoxy) is 1. The molecule has 1 N–H and O–H groups in total. The van der Waals surface area contributed by atoms with Crippen LogP contribution in [0.25, 0.3) is 0 Å². The van der Waals surface area contributed by atoms with Gasteiger partial charge in [-0.05, 0) is 12.5 Å². The van der Waals surface area contributed by atoms with Crippen LogP contribution in [0.3, 0.4) is 0 Å². The molecule has 0 bridgehead atoms. The first-order chi connectivity index (χ1) is 10.8. The highest BCUT2D eigenvalue weighted by atomic mass is 32.2. The fourth-order valence-electron chi connectivity index (χ4n) is 2.35. The first-order valence-electron chi connectivity index (χ1n) is 7.37. The maximum Gasteiger partial charge on any atom is 0.215 e. The highest BCUT2D eigenvalue weighted by Crippen LogP contribution is 2.08. The molecule has 1 aliphatic heterocycles. The second-order valence-corrected chi connectivity index (χ2v) is 9.37. The third kappa shape index (κ3) is 5.85. The highest BCUT2D eigenvalue weighted by Gasteiger charge is 2.24. The van der Waals surface area contributed by atoms with Gasteiger partial charge in [0.2, 0.25) is 20.0 Å². The number of sulfonamides is 2. The van der Waals surface area contributed by atoms with Crippen molar-refractivity contribution in [2.24, 2.45) is 0 Å². The fourth-order valence-corrected chi connectivity index (χ4v) is 4.94. The second-order valence-electron chi connectivity index (χ2n) is 5.47. The van der Waals surface area contributed by atoms with Crippen LogP contribution in [0.5, 0.6) is 0 Å². The molecule has 1 aromatic carbocycles. The molecule has 7 nitrogen and oxygen atoms in total. The van der Waals surface area contributed by atoms with Gasteiger partial charge in [-0.3, -0.25) is 0 Å². The highest BCUT2D eigenvalue weighted by molar-refractivity contribution is 7.89. The number of benzene rings is 1. The topological polar surface area (TPSA) is 92.8 Å². The van der Waals surface area contributed by atoms with Crippen LogP contribution < -0.4 is 4.72 Å². The molecule has 1 aliphatic rings. The maximum atomic E-state index is 12.1. The van der Waals surface area contributed by atoms with Gasteiger partial charge in [0.15, 0.2) is 0 Å². The zero-order valence-electron chi connectivity index (χ0n) is 13.1. The van der Waals surface area contributed by atoms with E-state index in [1.807, 2.05) is 13.0 Å². The van der Waals surface area contributed by atoms with Gasteiger partial charge < -0.3 is 4.74 Å². The number of rotatable bonds is 7. The molecule has 0 radical (unpaired) electrons. The van der Waals surface area contributed by atoms with Crippen LogP contribution in [-0.2, 0) is 30.5 Å². The van der Waals surface area contributed by atoms with Crippen molar-refractivity contribution >= 4 is 20.0 Å². The van der Waals surface area contributed by atoms with Crippen LogP contribution in [0.15, 0.2) is 24.3 Å². The van der Waals surface area contributed by atoms with Gasteiger partial charge in [-0.25, -0.2) is 21.6 Å². The molecule has 0 spiro atoms. The maximum absolute atomic E-state index is 12.1. The average Bonchev–Trinajstić information content (AvgIpc) is 2.47. The van der Waals surface area contributed by atoms with Crippen molar-refractivity contribution in [2.75, 3.05) is 38.6 Å². The van der Waals surface area contributed by atoms with Crippen molar-refractivity contribution in [3.8, 4) is 0 Å². The second kappa shape index (κ2) is 7.71. The number of nitrogens with zero attached hydrogens (tertiary/aromatic N) is 1. The standard InChI is InChI=1S/C14H22N2O5S2/c1-13-3-2-4-14(11-13)12-22(17,18)15-5-10-23(19,20)16-6-8-21-9-7-16/h2-4,11,15H,5-10,12H2,1H3. The summed E-state index contributed by atoms with van der Waals surface area (Å²) in [6, 6.07) is 7.21. The fraction of sp³-hybridized carbons (Fsp3) is 0.571. The Morgan fingerprint density at radius 3 is 2.52 bits per heavy atom.